The third-order valence-electron chi connectivity index (χ3n) is 11.8. The second-order valence-corrected chi connectivity index (χ2v) is 16.7. The van der Waals surface area contributed by atoms with Crippen LogP contribution in [-0.2, 0) is 38.0 Å². The number of ketones is 1. The van der Waals surface area contributed by atoms with Gasteiger partial charge in [-0.3, -0.25) is 9.59 Å². The number of rotatable bonds is 7. The summed E-state index contributed by atoms with van der Waals surface area (Å²) in [5, 5.41) is 68.4. The summed E-state index contributed by atoms with van der Waals surface area (Å²) in [6, 6.07) is -0.350. The second kappa shape index (κ2) is 17.2. The Kier molecular flexibility index (Phi) is 14.9. The second-order valence-electron chi connectivity index (χ2n) is 16.7. The lowest BCUT2D eigenvalue weighted by Gasteiger charge is -2.49. The van der Waals surface area contributed by atoms with Gasteiger partial charge in [0.05, 0.1) is 53.7 Å². The van der Waals surface area contributed by atoms with E-state index in [-0.39, 0.29) is 25.0 Å². The van der Waals surface area contributed by atoms with Crippen molar-refractivity contribution in [2.75, 3.05) is 21.2 Å². The minimum atomic E-state index is -2.27. The Hall–Kier alpha value is -1.34. The van der Waals surface area contributed by atoms with E-state index in [0.29, 0.717) is 6.42 Å². The average molecular weight is 750 g/mol. The van der Waals surface area contributed by atoms with E-state index in [0.717, 1.165) is 0 Å². The van der Waals surface area contributed by atoms with Gasteiger partial charge in [0.15, 0.2) is 18.7 Å². The third-order valence-corrected chi connectivity index (χ3v) is 11.8. The fourth-order valence-electron chi connectivity index (χ4n) is 8.46. The molecule has 3 aliphatic heterocycles. The summed E-state index contributed by atoms with van der Waals surface area (Å²) in [5.41, 5.74) is -5.20. The average Bonchev–Trinajstić information content (AvgIpc) is 3.05. The van der Waals surface area contributed by atoms with Crippen LogP contribution in [0.5, 0.6) is 0 Å². The van der Waals surface area contributed by atoms with E-state index in [9.17, 15) is 40.2 Å². The van der Waals surface area contributed by atoms with Gasteiger partial charge in [-0.25, -0.2) is 0 Å². The number of hydrogen-bond acceptors (Lipinski definition) is 15. The Morgan fingerprint density at radius 3 is 2.02 bits per heavy atom. The van der Waals surface area contributed by atoms with Crippen molar-refractivity contribution in [3.05, 3.63) is 0 Å². The summed E-state index contributed by atoms with van der Waals surface area (Å²) < 4.78 is 36.8. The lowest BCUT2D eigenvalue weighted by Crippen LogP contribution is -2.62. The highest BCUT2D eigenvalue weighted by Crippen LogP contribution is 2.40. The van der Waals surface area contributed by atoms with E-state index in [2.05, 4.69) is 0 Å². The maximum absolute atomic E-state index is 14.1. The molecule has 0 saturated carbocycles. The quantitative estimate of drug-likeness (QED) is 0.198. The van der Waals surface area contributed by atoms with Crippen molar-refractivity contribution in [2.45, 2.75) is 179 Å². The molecule has 0 amide bonds. The predicted octanol–water partition coefficient (Wildman–Crippen LogP) is 0.756. The van der Waals surface area contributed by atoms with Crippen molar-refractivity contribution in [1.29, 1.82) is 0 Å². The van der Waals surface area contributed by atoms with Gasteiger partial charge in [-0.2, -0.15) is 0 Å². The summed E-state index contributed by atoms with van der Waals surface area (Å²) >= 11 is 0. The van der Waals surface area contributed by atoms with Crippen molar-refractivity contribution >= 4 is 11.8 Å². The van der Waals surface area contributed by atoms with E-state index in [4.69, 9.17) is 28.4 Å². The molecule has 15 nitrogen and oxygen atoms in total. The van der Waals surface area contributed by atoms with Crippen LogP contribution in [0.25, 0.3) is 0 Å². The molecule has 52 heavy (non-hydrogen) atoms. The molecule has 3 fully saturated rings. The number of aliphatic hydroxyl groups is 6. The molecule has 3 aliphatic rings. The molecule has 304 valence electrons. The number of esters is 1. The molecule has 19 atom stereocenters. The maximum Gasteiger partial charge on any atom is 0.311 e. The topological polar surface area (TPSA) is 214 Å². The molecule has 0 aromatic heterocycles. The normalized spacial score (nSPS) is 49.7. The minimum absolute atomic E-state index is 0.0506. The van der Waals surface area contributed by atoms with Gasteiger partial charge in [-0.05, 0) is 75.4 Å². The van der Waals surface area contributed by atoms with E-state index < -0.39 is 114 Å². The number of aliphatic hydroxyl groups excluding tert-OH is 4. The number of methoxy groups -OCH3 is 1. The number of likely N-dealkylation sites (N-methyl/N-ethyl adjacent to an activating group) is 1. The molecule has 3 saturated heterocycles. The lowest BCUT2D eigenvalue weighted by molar-refractivity contribution is -0.318. The monoisotopic (exact) mass is 749 g/mol. The number of cyclic esters (lactones) is 1. The number of carbonyl (C=O) groups is 2. The van der Waals surface area contributed by atoms with Crippen LogP contribution in [0, 0.1) is 23.7 Å². The van der Waals surface area contributed by atoms with Gasteiger partial charge < -0.3 is 64.0 Å². The van der Waals surface area contributed by atoms with Crippen molar-refractivity contribution in [1.82, 2.24) is 4.90 Å². The van der Waals surface area contributed by atoms with Gasteiger partial charge >= 0.3 is 5.97 Å². The van der Waals surface area contributed by atoms with Crippen LogP contribution in [0.3, 0.4) is 0 Å². The molecule has 6 N–H and O–H groups in total. The third kappa shape index (κ3) is 9.54. The molecule has 0 radical (unpaired) electrons. The summed E-state index contributed by atoms with van der Waals surface area (Å²) in [4.78, 5) is 29.8. The Balaban J connectivity index is 2.21. The first-order valence-electron chi connectivity index (χ1n) is 18.5. The van der Waals surface area contributed by atoms with Gasteiger partial charge in [0, 0.05) is 37.3 Å². The number of nitrogens with zero attached hydrogens (tertiary/aromatic N) is 1. The number of carbonyl (C=O) groups excluding carboxylic acids is 2. The van der Waals surface area contributed by atoms with Gasteiger partial charge in [0.2, 0.25) is 0 Å². The molecular formula is C37H67NO14. The lowest BCUT2D eigenvalue weighted by atomic mass is 9.74. The molecule has 0 bridgehead atoms. The van der Waals surface area contributed by atoms with Gasteiger partial charge in [-0.1, -0.05) is 20.8 Å². The predicted molar refractivity (Wildman–Crippen MR) is 188 cm³/mol. The van der Waals surface area contributed by atoms with Crippen molar-refractivity contribution in [3.8, 4) is 0 Å². The number of Topliss-reactive ketones (excluding diaryl/α,β-unsaturated/α-hetero) is 1. The molecule has 0 aliphatic carbocycles. The SMILES string of the molecule is COC1(C)CC(OC2C(C)C(=O)OC(C(C)O)C(C)(O)C(O)C(C)C(=O)C(C)CC(C)(O)C(OC3OC(C)CC(N(C)C)C3O)C2C)OC(C)C1O. The Labute approximate surface area is 308 Å². The molecule has 0 aromatic rings. The smallest absolute Gasteiger partial charge is 0.311 e. The molecule has 0 aromatic carbocycles. The molecule has 0 spiro atoms. The number of ether oxygens (including phenoxy) is 6. The summed E-state index contributed by atoms with van der Waals surface area (Å²) in [5.74, 6) is -5.61. The Bertz CT molecular complexity index is 1200. The van der Waals surface area contributed by atoms with Crippen LogP contribution in [0.1, 0.15) is 88.5 Å². The molecule has 15 heteroatoms. The Morgan fingerprint density at radius 2 is 1.48 bits per heavy atom. The molecule has 3 heterocycles. The van der Waals surface area contributed by atoms with Gasteiger partial charge in [0.25, 0.3) is 0 Å². The zero-order valence-electron chi connectivity index (χ0n) is 33.3. The zero-order chi connectivity index (χ0) is 39.8. The highest BCUT2D eigenvalue weighted by molar-refractivity contribution is 5.83. The maximum atomic E-state index is 14.1. The van der Waals surface area contributed by atoms with Crippen LogP contribution in [-0.4, -0.2) is 159 Å². The molecule has 19 unspecified atom stereocenters. The summed E-state index contributed by atoms with van der Waals surface area (Å²) in [6.07, 6.45) is -12.4. The first-order chi connectivity index (χ1) is 23.8. The van der Waals surface area contributed by atoms with Crippen LogP contribution in [0.2, 0.25) is 0 Å². The first kappa shape index (κ1) is 45.1. The van der Waals surface area contributed by atoms with Crippen molar-refractivity contribution in [3.63, 3.8) is 0 Å². The standard InChI is InChI=1S/C37H67NO14/c1-17-15-35(8,45)31(52-34-27(41)24(38(11)12)14-18(2)48-34)20(4)28(50-25-16-36(9,47-13)30(43)23(7)49-25)21(5)33(44)51-32(22(6)39)37(10,46)29(42)19(3)26(17)40/h17-25,27-32,34,39,41-43,45-46H,14-16H2,1-13H3. The summed E-state index contributed by atoms with van der Waals surface area (Å²) in [6.45, 7) is 15.4. The van der Waals surface area contributed by atoms with Crippen LogP contribution in [0.4, 0.5) is 0 Å². The van der Waals surface area contributed by atoms with Crippen LogP contribution < -0.4 is 0 Å². The largest absolute Gasteiger partial charge is 0.456 e. The Morgan fingerprint density at radius 1 is 0.885 bits per heavy atom. The van der Waals surface area contributed by atoms with E-state index in [1.807, 2.05) is 25.9 Å². The van der Waals surface area contributed by atoms with Crippen LogP contribution in [0.15, 0.2) is 0 Å². The first-order valence-corrected chi connectivity index (χ1v) is 18.5. The van der Waals surface area contributed by atoms with Crippen molar-refractivity contribution < 1.29 is 68.6 Å². The fourth-order valence-corrected chi connectivity index (χ4v) is 8.46. The summed E-state index contributed by atoms with van der Waals surface area (Å²) in [7, 11) is 5.12. The van der Waals surface area contributed by atoms with Gasteiger partial charge in [0.1, 0.15) is 23.6 Å². The fraction of sp³-hybridized carbons (Fsp3) is 0.946. The number of hydrogen-bond donors (Lipinski definition) is 6. The highest BCUT2D eigenvalue weighted by Gasteiger charge is 2.54. The van der Waals surface area contributed by atoms with E-state index >= 15 is 0 Å². The van der Waals surface area contributed by atoms with E-state index in [1.165, 1.54) is 41.7 Å². The highest BCUT2D eigenvalue weighted by atomic mass is 16.7. The van der Waals surface area contributed by atoms with Gasteiger partial charge in [-0.15, -0.1) is 0 Å². The molecule has 3 rings (SSSR count). The minimum Gasteiger partial charge on any atom is -0.456 e. The molecular weight excluding hydrogens is 682 g/mol. The van der Waals surface area contributed by atoms with Crippen LogP contribution >= 0.6 is 0 Å². The van der Waals surface area contributed by atoms with E-state index in [1.54, 1.807) is 27.7 Å². The zero-order valence-corrected chi connectivity index (χ0v) is 33.3. The van der Waals surface area contributed by atoms with Crippen molar-refractivity contribution in [2.24, 2.45) is 23.7 Å².